The van der Waals surface area contributed by atoms with Gasteiger partial charge in [-0.2, -0.15) is 0 Å². The zero-order chi connectivity index (χ0) is 13.4. The second kappa shape index (κ2) is 4.73. The number of ether oxygens (including phenoxy) is 1. The highest BCUT2D eigenvalue weighted by atomic mass is 16.5. The van der Waals surface area contributed by atoms with Gasteiger partial charge >= 0.3 is 0 Å². The summed E-state index contributed by atoms with van der Waals surface area (Å²) in [4.78, 5) is 12.5. The smallest absolute Gasteiger partial charge is 0.170 e. The summed E-state index contributed by atoms with van der Waals surface area (Å²) in [6.45, 7) is 6.01. The highest BCUT2D eigenvalue weighted by Gasteiger charge is 2.34. The first-order chi connectivity index (χ1) is 8.45. The van der Waals surface area contributed by atoms with Crippen LogP contribution in [0.5, 0.6) is 5.75 Å². The first kappa shape index (κ1) is 13.1. The number of rotatable bonds is 3. The molecule has 0 unspecified atom stereocenters. The van der Waals surface area contributed by atoms with Crippen LogP contribution in [0.25, 0.3) is 0 Å². The quantitative estimate of drug-likeness (QED) is 0.835. The summed E-state index contributed by atoms with van der Waals surface area (Å²) >= 11 is 0. The fourth-order valence-electron chi connectivity index (χ4n) is 2.69. The Balaban J connectivity index is 2.43. The monoisotopic (exact) mass is 247 g/mol. The SMILES string of the molecule is COc1c(C)c(C)cc(C)c1C(=O)C1CC(N)C1. The van der Waals surface area contributed by atoms with Crippen LogP contribution in [0.3, 0.4) is 0 Å². The Morgan fingerprint density at radius 1 is 1.28 bits per heavy atom. The van der Waals surface area contributed by atoms with Gasteiger partial charge < -0.3 is 10.5 Å². The van der Waals surface area contributed by atoms with Gasteiger partial charge in [-0.1, -0.05) is 6.07 Å². The van der Waals surface area contributed by atoms with Crippen LogP contribution in [0, 0.1) is 26.7 Å². The van der Waals surface area contributed by atoms with E-state index in [1.807, 2.05) is 20.8 Å². The van der Waals surface area contributed by atoms with E-state index in [9.17, 15) is 4.79 Å². The zero-order valence-electron chi connectivity index (χ0n) is 11.5. The lowest BCUT2D eigenvalue weighted by Gasteiger charge is -2.32. The molecule has 1 fully saturated rings. The third-order valence-electron chi connectivity index (χ3n) is 3.98. The van der Waals surface area contributed by atoms with E-state index in [2.05, 4.69) is 6.07 Å². The van der Waals surface area contributed by atoms with Crippen LogP contribution in [0.15, 0.2) is 6.07 Å². The van der Waals surface area contributed by atoms with Crippen LogP contribution in [-0.4, -0.2) is 18.9 Å². The van der Waals surface area contributed by atoms with Crippen LogP contribution in [0.1, 0.15) is 39.9 Å². The molecule has 1 saturated carbocycles. The number of aryl methyl sites for hydroxylation is 2. The predicted molar refractivity (Wildman–Crippen MR) is 72.2 cm³/mol. The molecular formula is C15H21NO2. The summed E-state index contributed by atoms with van der Waals surface area (Å²) in [5.41, 5.74) is 9.72. The molecule has 1 aromatic carbocycles. The molecule has 18 heavy (non-hydrogen) atoms. The van der Waals surface area contributed by atoms with Crippen molar-refractivity contribution in [3.63, 3.8) is 0 Å². The van der Waals surface area contributed by atoms with Gasteiger partial charge in [-0.05, 0) is 50.3 Å². The van der Waals surface area contributed by atoms with E-state index in [1.165, 1.54) is 0 Å². The first-order valence-corrected chi connectivity index (χ1v) is 6.40. The number of hydrogen-bond acceptors (Lipinski definition) is 3. The minimum atomic E-state index is 0.0784. The molecule has 0 bridgehead atoms. The van der Waals surface area contributed by atoms with E-state index in [0.29, 0.717) is 0 Å². The maximum absolute atomic E-state index is 12.5. The second-order valence-corrected chi connectivity index (χ2v) is 5.34. The van der Waals surface area contributed by atoms with Crippen LogP contribution in [-0.2, 0) is 0 Å². The highest BCUT2D eigenvalue weighted by Crippen LogP contribution is 2.36. The Morgan fingerprint density at radius 3 is 2.39 bits per heavy atom. The molecule has 2 rings (SSSR count). The van der Waals surface area contributed by atoms with Gasteiger partial charge in [0.05, 0.1) is 12.7 Å². The van der Waals surface area contributed by atoms with E-state index in [1.54, 1.807) is 7.11 Å². The van der Waals surface area contributed by atoms with Gasteiger partial charge in [0.25, 0.3) is 0 Å². The number of carbonyl (C=O) groups is 1. The fourth-order valence-corrected chi connectivity index (χ4v) is 2.69. The van der Waals surface area contributed by atoms with Crippen molar-refractivity contribution < 1.29 is 9.53 Å². The van der Waals surface area contributed by atoms with Crippen molar-refractivity contribution in [3.8, 4) is 5.75 Å². The topological polar surface area (TPSA) is 52.3 Å². The van der Waals surface area contributed by atoms with Crippen molar-refractivity contribution in [1.29, 1.82) is 0 Å². The molecule has 0 aromatic heterocycles. The first-order valence-electron chi connectivity index (χ1n) is 6.40. The number of carbonyl (C=O) groups excluding carboxylic acids is 1. The molecule has 0 atom stereocenters. The van der Waals surface area contributed by atoms with E-state index < -0.39 is 0 Å². The molecule has 0 aliphatic heterocycles. The lowest BCUT2D eigenvalue weighted by atomic mass is 9.75. The number of nitrogens with two attached hydrogens (primary N) is 1. The molecule has 0 radical (unpaired) electrons. The Labute approximate surface area is 108 Å². The third kappa shape index (κ3) is 2.03. The lowest BCUT2D eigenvalue weighted by Crippen LogP contribution is -2.40. The molecule has 0 saturated heterocycles. The van der Waals surface area contributed by atoms with E-state index in [0.717, 1.165) is 40.8 Å². The second-order valence-electron chi connectivity index (χ2n) is 5.34. The van der Waals surface area contributed by atoms with Crippen molar-refractivity contribution in [2.24, 2.45) is 11.7 Å². The molecular weight excluding hydrogens is 226 g/mol. The van der Waals surface area contributed by atoms with Crippen molar-refractivity contribution in [3.05, 3.63) is 28.3 Å². The largest absolute Gasteiger partial charge is 0.496 e. The zero-order valence-corrected chi connectivity index (χ0v) is 11.5. The van der Waals surface area contributed by atoms with Gasteiger partial charge in [0.2, 0.25) is 0 Å². The number of hydrogen-bond donors (Lipinski definition) is 1. The normalized spacial score (nSPS) is 22.5. The van der Waals surface area contributed by atoms with Gasteiger partial charge in [0, 0.05) is 12.0 Å². The standard InChI is InChI=1S/C15H21NO2/c1-8-5-9(2)13(15(18-4)10(8)3)14(17)11-6-12(16)7-11/h5,11-12H,6-7,16H2,1-4H3. The molecule has 3 nitrogen and oxygen atoms in total. The maximum Gasteiger partial charge on any atom is 0.170 e. The summed E-state index contributed by atoms with van der Waals surface area (Å²) in [6.07, 6.45) is 1.60. The number of ketones is 1. The molecule has 1 aliphatic carbocycles. The van der Waals surface area contributed by atoms with Gasteiger partial charge in [0.1, 0.15) is 5.75 Å². The molecule has 1 aliphatic rings. The average molecular weight is 247 g/mol. The summed E-state index contributed by atoms with van der Waals surface area (Å²) in [5, 5.41) is 0. The minimum Gasteiger partial charge on any atom is -0.496 e. The van der Waals surface area contributed by atoms with Gasteiger partial charge in [-0.3, -0.25) is 4.79 Å². The van der Waals surface area contributed by atoms with Crippen molar-refractivity contribution >= 4 is 5.78 Å². The Kier molecular flexibility index (Phi) is 3.44. The van der Waals surface area contributed by atoms with Crippen LogP contribution < -0.4 is 10.5 Å². The van der Waals surface area contributed by atoms with E-state index in [-0.39, 0.29) is 17.7 Å². The van der Waals surface area contributed by atoms with Crippen molar-refractivity contribution in [2.75, 3.05) is 7.11 Å². The fraction of sp³-hybridized carbons (Fsp3) is 0.533. The van der Waals surface area contributed by atoms with Crippen LogP contribution in [0.4, 0.5) is 0 Å². The van der Waals surface area contributed by atoms with Crippen molar-refractivity contribution in [1.82, 2.24) is 0 Å². The molecule has 1 aromatic rings. The average Bonchev–Trinajstić information content (AvgIpc) is 2.28. The van der Waals surface area contributed by atoms with E-state index >= 15 is 0 Å². The maximum atomic E-state index is 12.5. The molecule has 0 amide bonds. The summed E-state index contributed by atoms with van der Waals surface area (Å²) in [5.74, 6) is 1.00. The molecule has 0 heterocycles. The lowest BCUT2D eigenvalue weighted by molar-refractivity contribution is 0.0828. The van der Waals surface area contributed by atoms with Crippen LogP contribution >= 0.6 is 0 Å². The van der Waals surface area contributed by atoms with Crippen LogP contribution in [0.2, 0.25) is 0 Å². The Bertz CT molecular complexity index is 488. The van der Waals surface area contributed by atoms with Gasteiger partial charge in [-0.15, -0.1) is 0 Å². The molecule has 0 spiro atoms. The summed E-state index contributed by atoms with van der Waals surface area (Å²) < 4.78 is 5.45. The highest BCUT2D eigenvalue weighted by molar-refractivity contribution is 6.02. The summed E-state index contributed by atoms with van der Waals surface area (Å²) in [6, 6.07) is 2.25. The minimum absolute atomic E-state index is 0.0784. The number of methoxy groups -OCH3 is 1. The number of Topliss-reactive ketones (excluding diaryl/α,β-unsaturated/α-hetero) is 1. The molecule has 2 N–H and O–H groups in total. The molecule has 98 valence electrons. The molecule has 3 heteroatoms. The van der Waals surface area contributed by atoms with Gasteiger partial charge in [-0.25, -0.2) is 0 Å². The Hall–Kier alpha value is -1.35. The third-order valence-corrected chi connectivity index (χ3v) is 3.98. The Morgan fingerprint density at radius 2 is 1.89 bits per heavy atom. The van der Waals surface area contributed by atoms with Gasteiger partial charge in [0.15, 0.2) is 5.78 Å². The predicted octanol–water partition coefficient (Wildman–Crippen LogP) is 2.54. The van der Waals surface area contributed by atoms with E-state index in [4.69, 9.17) is 10.5 Å². The van der Waals surface area contributed by atoms with Crippen molar-refractivity contribution in [2.45, 2.75) is 39.7 Å². The number of benzene rings is 1. The summed E-state index contributed by atoms with van der Waals surface area (Å²) in [7, 11) is 1.63.